The molecule has 2 amide bonds. The minimum atomic E-state index is -0.600. The zero-order chi connectivity index (χ0) is 23.9. The number of nitrogens with one attached hydrogen (secondary N) is 1. The third kappa shape index (κ3) is 5.58. The van der Waals surface area contributed by atoms with E-state index in [0.29, 0.717) is 28.4 Å². The Kier molecular flexibility index (Phi) is 7.49. The average Bonchev–Trinajstić information content (AvgIpc) is 3.30. The Hall–Kier alpha value is -3.78. The smallest absolute Gasteiger partial charge is 0.339 e. The largest absolute Gasteiger partial charge is 0.497 e. The molecular formula is C26H24N2O5S. The molecule has 0 fully saturated rings. The molecule has 0 bridgehead atoms. The van der Waals surface area contributed by atoms with Crippen LogP contribution < -0.4 is 15.0 Å². The Morgan fingerprint density at radius 1 is 1.00 bits per heavy atom. The van der Waals surface area contributed by atoms with Crippen molar-refractivity contribution in [1.82, 2.24) is 0 Å². The van der Waals surface area contributed by atoms with Gasteiger partial charge in [-0.05, 0) is 42.3 Å². The van der Waals surface area contributed by atoms with Crippen LogP contribution in [0.1, 0.15) is 15.9 Å². The van der Waals surface area contributed by atoms with Gasteiger partial charge in [-0.15, -0.1) is 11.8 Å². The van der Waals surface area contributed by atoms with E-state index >= 15 is 0 Å². The fourth-order valence-corrected chi connectivity index (χ4v) is 4.52. The van der Waals surface area contributed by atoms with Gasteiger partial charge in [0.2, 0.25) is 5.91 Å². The molecule has 34 heavy (non-hydrogen) atoms. The van der Waals surface area contributed by atoms with Crippen LogP contribution in [-0.2, 0) is 20.7 Å². The summed E-state index contributed by atoms with van der Waals surface area (Å²) in [7, 11) is 1.56. The Morgan fingerprint density at radius 2 is 1.79 bits per heavy atom. The van der Waals surface area contributed by atoms with Crippen molar-refractivity contribution in [1.29, 1.82) is 0 Å². The number of nitrogens with zero attached hydrogens (tertiary/aromatic N) is 1. The van der Waals surface area contributed by atoms with Crippen molar-refractivity contribution >= 4 is 40.9 Å². The second-order valence-electron chi connectivity index (χ2n) is 7.57. The normalized spacial score (nSPS) is 12.1. The first-order chi connectivity index (χ1) is 16.5. The quantitative estimate of drug-likeness (QED) is 0.388. The van der Waals surface area contributed by atoms with Crippen LogP contribution in [0.15, 0.2) is 77.7 Å². The van der Waals surface area contributed by atoms with Crippen molar-refractivity contribution in [3.05, 3.63) is 83.9 Å². The van der Waals surface area contributed by atoms with Gasteiger partial charge in [0.25, 0.3) is 5.91 Å². The van der Waals surface area contributed by atoms with Crippen LogP contribution in [0.4, 0.5) is 11.4 Å². The summed E-state index contributed by atoms with van der Waals surface area (Å²) in [4.78, 5) is 40.0. The molecule has 0 aliphatic carbocycles. The summed E-state index contributed by atoms with van der Waals surface area (Å²) >= 11 is 1.22. The van der Waals surface area contributed by atoms with Crippen LogP contribution in [0.2, 0.25) is 0 Å². The van der Waals surface area contributed by atoms with E-state index in [1.165, 1.54) is 11.8 Å². The summed E-state index contributed by atoms with van der Waals surface area (Å²) < 4.78 is 10.5. The molecule has 0 aromatic heterocycles. The summed E-state index contributed by atoms with van der Waals surface area (Å²) in [5.74, 6) is -0.335. The number of amides is 2. The highest BCUT2D eigenvalue weighted by Crippen LogP contribution is 2.28. The number of esters is 1. The SMILES string of the molecule is COc1cccc(NC(=O)CSc2ccccc2C(=O)OCC(=O)N2CCc3ccccc32)c1. The molecule has 7 nitrogen and oxygen atoms in total. The molecule has 0 atom stereocenters. The second-order valence-corrected chi connectivity index (χ2v) is 8.58. The topological polar surface area (TPSA) is 84.9 Å². The monoisotopic (exact) mass is 476 g/mol. The number of methoxy groups -OCH3 is 1. The van der Waals surface area contributed by atoms with Gasteiger partial charge in [-0.3, -0.25) is 9.59 Å². The molecule has 1 aliphatic rings. The lowest BCUT2D eigenvalue weighted by Gasteiger charge is -2.17. The second kappa shape index (κ2) is 10.9. The number of hydrogen-bond acceptors (Lipinski definition) is 6. The van der Waals surface area contributed by atoms with Gasteiger partial charge < -0.3 is 19.7 Å². The highest BCUT2D eigenvalue weighted by molar-refractivity contribution is 8.00. The molecule has 1 N–H and O–H groups in total. The number of benzene rings is 3. The summed E-state index contributed by atoms with van der Waals surface area (Å²) in [5.41, 5.74) is 2.91. The van der Waals surface area contributed by atoms with Gasteiger partial charge in [0, 0.05) is 28.9 Å². The van der Waals surface area contributed by atoms with E-state index in [4.69, 9.17) is 9.47 Å². The molecule has 0 unspecified atom stereocenters. The Balaban J connectivity index is 1.33. The molecule has 0 saturated carbocycles. The molecule has 0 saturated heterocycles. The molecule has 0 radical (unpaired) electrons. The van der Waals surface area contributed by atoms with E-state index in [2.05, 4.69) is 5.32 Å². The highest BCUT2D eigenvalue weighted by Gasteiger charge is 2.25. The van der Waals surface area contributed by atoms with Crippen molar-refractivity contribution in [2.24, 2.45) is 0 Å². The predicted molar refractivity (Wildman–Crippen MR) is 132 cm³/mol. The lowest BCUT2D eigenvalue weighted by atomic mass is 10.2. The van der Waals surface area contributed by atoms with Crippen molar-refractivity contribution in [2.75, 3.05) is 36.2 Å². The third-order valence-electron chi connectivity index (χ3n) is 5.33. The van der Waals surface area contributed by atoms with Crippen LogP contribution in [0.25, 0.3) is 0 Å². The standard InChI is InChI=1S/C26H24N2O5S/c1-32-20-9-6-8-19(15-20)27-24(29)17-34-23-12-5-3-10-21(23)26(31)33-16-25(30)28-14-13-18-7-2-4-11-22(18)28/h2-12,15H,13-14,16-17H2,1H3,(H,27,29). The maximum absolute atomic E-state index is 12.7. The van der Waals surface area contributed by atoms with Crippen molar-refractivity contribution in [3.8, 4) is 5.75 Å². The Labute approximate surface area is 202 Å². The fraction of sp³-hybridized carbons (Fsp3) is 0.192. The summed E-state index contributed by atoms with van der Waals surface area (Å²) in [6, 6.07) is 21.7. The number of hydrogen-bond donors (Lipinski definition) is 1. The number of para-hydroxylation sites is 1. The number of carbonyl (C=O) groups excluding carboxylic acids is 3. The van der Waals surface area contributed by atoms with Gasteiger partial charge in [-0.1, -0.05) is 36.4 Å². The zero-order valence-electron chi connectivity index (χ0n) is 18.7. The molecule has 0 spiro atoms. The van der Waals surface area contributed by atoms with E-state index in [9.17, 15) is 14.4 Å². The van der Waals surface area contributed by atoms with Gasteiger partial charge in [0.15, 0.2) is 6.61 Å². The minimum Gasteiger partial charge on any atom is -0.497 e. The summed E-state index contributed by atoms with van der Waals surface area (Å²) in [6.45, 7) is 0.229. The van der Waals surface area contributed by atoms with Crippen LogP contribution in [0.3, 0.4) is 0 Å². The van der Waals surface area contributed by atoms with Gasteiger partial charge in [-0.2, -0.15) is 0 Å². The van der Waals surface area contributed by atoms with Crippen molar-refractivity contribution in [3.63, 3.8) is 0 Å². The molecule has 4 rings (SSSR count). The van der Waals surface area contributed by atoms with Gasteiger partial charge >= 0.3 is 5.97 Å². The van der Waals surface area contributed by atoms with E-state index in [1.807, 2.05) is 24.3 Å². The molecule has 3 aromatic carbocycles. The highest BCUT2D eigenvalue weighted by atomic mass is 32.2. The molecule has 8 heteroatoms. The lowest BCUT2D eigenvalue weighted by molar-refractivity contribution is -0.121. The van der Waals surface area contributed by atoms with E-state index in [1.54, 1.807) is 60.5 Å². The average molecular weight is 477 g/mol. The molecule has 1 heterocycles. The zero-order valence-corrected chi connectivity index (χ0v) is 19.5. The third-order valence-corrected chi connectivity index (χ3v) is 6.41. The maximum atomic E-state index is 12.7. The number of fused-ring (bicyclic) bond motifs is 1. The minimum absolute atomic E-state index is 0.102. The van der Waals surface area contributed by atoms with Gasteiger partial charge in [0.1, 0.15) is 5.75 Å². The van der Waals surface area contributed by atoms with Crippen molar-refractivity contribution in [2.45, 2.75) is 11.3 Å². The summed E-state index contributed by atoms with van der Waals surface area (Å²) in [5, 5.41) is 2.81. The van der Waals surface area contributed by atoms with Crippen molar-refractivity contribution < 1.29 is 23.9 Å². The van der Waals surface area contributed by atoms with E-state index < -0.39 is 5.97 Å². The first-order valence-electron chi connectivity index (χ1n) is 10.8. The van der Waals surface area contributed by atoms with Crippen LogP contribution >= 0.6 is 11.8 Å². The molecule has 1 aliphatic heterocycles. The first-order valence-corrected chi connectivity index (χ1v) is 11.7. The number of ether oxygens (including phenoxy) is 2. The molecular weight excluding hydrogens is 452 g/mol. The maximum Gasteiger partial charge on any atom is 0.339 e. The molecule has 174 valence electrons. The predicted octanol–water partition coefficient (Wildman–Crippen LogP) is 4.17. The van der Waals surface area contributed by atoms with E-state index in [-0.39, 0.29) is 24.2 Å². The van der Waals surface area contributed by atoms with Crippen LogP contribution in [0.5, 0.6) is 5.75 Å². The fourth-order valence-electron chi connectivity index (χ4n) is 3.68. The van der Waals surface area contributed by atoms with Gasteiger partial charge in [0.05, 0.1) is 18.4 Å². The number of rotatable bonds is 8. The van der Waals surface area contributed by atoms with Crippen LogP contribution in [-0.4, -0.2) is 43.8 Å². The van der Waals surface area contributed by atoms with E-state index in [0.717, 1.165) is 17.7 Å². The Bertz CT molecular complexity index is 1210. The number of thioether (sulfide) groups is 1. The van der Waals surface area contributed by atoms with Crippen LogP contribution in [0, 0.1) is 0 Å². The summed E-state index contributed by atoms with van der Waals surface area (Å²) in [6.07, 6.45) is 0.785. The number of carbonyl (C=O) groups is 3. The Morgan fingerprint density at radius 3 is 2.65 bits per heavy atom. The van der Waals surface area contributed by atoms with Gasteiger partial charge in [-0.25, -0.2) is 4.79 Å². The molecule has 3 aromatic rings. The first kappa shape index (κ1) is 23.4. The lowest BCUT2D eigenvalue weighted by Crippen LogP contribution is -2.33. The number of anilines is 2.